The van der Waals surface area contributed by atoms with Crippen LogP contribution in [0.4, 0.5) is 0 Å². The molecule has 0 unspecified atom stereocenters. The molecule has 0 radical (unpaired) electrons. The minimum absolute atomic E-state index is 0.272. The highest BCUT2D eigenvalue weighted by Crippen LogP contribution is 2.27. The number of benzene rings is 1. The average Bonchev–Trinajstić information content (AvgIpc) is 2.33. The Labute approximate surface area is 131 Å². The molecule has 0 fully saturated rings. The lowest BCUT2D eigenvalue weighted by Crippen LogP contribution is -2.34. The lowest BCUT2D eigenvalue weighted by molar-refractivity contribution is 0.135. The molecule has 1 aromatic carbocycles. The van der Waals surface area contributed by atoms with Crippen molar-refractivity contribution < 1.29 is 13.2 Å². The summed E-state index contributed by atoms with van der Waals surface area (Å²) in [6, 6.07) is 5.03. The van der Waals surface area contributed by atoms with Crippen LogP contribution in [0.25, 0.3) is 0 Å². The zero-order valence-corrected chi connectivity index (χ0v) is 14.9. The van der Waals surface area contributed by atoms with Crippen molar-refractivity contribution in [3.8, 4) is 0 Å². The minimum atomic E-state index is -3.49. The fraction of sp³-hybridized carbons (Fsp3) is 0.500. The van der Waals surface area contributed by atoms with Crippen LogP contribution < -0.4 is 0 Å². The normalized spacial score (nSPS) is 12.1. The second-order valence-corrected chi connectivity index (χ2v) is 7.44. The quantitative estimate of drug-likeness (QED) is 0.643. The van der Waals surface area contributed by atoms with Crippen molar-refractivity contribution in [3.05, 3.63) is 27.1 Å². The van der Waals surface area contributed by atoms with Gasteiger partial charge in [0, 0.05) is 28.6 Å². The molecule has 0 saturated heterocycles. The number of rotatable bonds is 7. The summed E-state index contributed by atoms with van der Waals surface area (Å²) in [6.07, 6.45) is 0. The topological polar surface area (TPSA) is 46.6 Å². The van der Waals surface area contributed by atoms with E-state index in [1.54, 1.807) is 18.2 Å². The number of halogens is 2. The molecule has 0 aliphatic heterocycles. The van der Waals surface area contributed by atoms with E-state index in [4.69, 9.17) is 4.74 Å². The van der Waals surface area contributed by atoms with Crippen molar-refractivity contribution in [3.63, 3.8) is 0 Å². The Morgan fingerprint density at radius 3 is 2.47 bits per heavy atom. The maximum atomic E-state index is 12.5. The zero-order chi connectivity index (χ0) is 14.5. The lowest BCUT2D eigenvalue weighted by atomic mass is 10.4. The Hall–Kier alpha value is 0.0500. The summed E-state index contributed by atoms with van der Waals surface area (Å²) >= 11 is 6.61. The van der Waals surface area contributed by atoms with Gasteiger partial charge in [-0.15, -0.1) is 0 Å². The fourth-order valence-corrected chi connectivity index (χ4v) is 4.72. The molecule has 0 bridgehead atoms. The molecule has 1 rings (SSSR count). The van der Waals surface area contributed by atoms with Crippen LogP contribution in [0.5, 0.6) is 0 Å². The molecule has 0 aromatic heterocycles. The first-order valence-corrected chi connectivity index (χ1v) is 8.99. The van der Waals surface area contributed by atoms with Gasteiger partial charge in [0.05, 0.1) is 11.5 Å². The number of sulfonamides is 1. The standard InChI is InChI=1S/C12H17Br2NO3S/c1-3-15(7-8-18-4-2)19(16,17)12-6-5-10(13)9-11(12)14/h5-6,9H,3-4,7-8H2,1-2H3. The van der Waals surface area contributed by atoms with Crippen LogP contribution in [0.15, 0.2) is 32.0 Å². The average molecular weight is 415 g/mol. The highest BCUT2D eigenvalue weighted by molar-refractivity contribution is 9.11. The van der Waals surface area contributed by atoms with Crippen molar-refractivity contribution >= 4 is 41.9 Å². The largest absolute Gasteiger partial charge is 0.380 e. The minimum Gasteiger partial charge on any atom is -0.380 e. The summed E-state index contributed by atoms with van der Waals surface area (Å²) in [7, 11) is -3.49. The van der Waals surface area contributed by atoms with Gasteiger partial charge in [0.1, 0.15) is 0 Å². The Balaban J connectivity index is 2.99. The SMILES string of the molecule is CCOCCN(CC)S(=O)(=O)c1ccc(Br)cc1Br. The van der Waals surface area contributed by atoms with Gasteiger partial charge in [-0.05, 0) is 41.1 Å². The summed E-state index contributed by atoms with van der Waals surface area (Å²) in [6.45, 7) is 5.46. The number of hydrogen-bond acceptors (Lipinski definition) is 3. The van der Waals surface area contributed by atoms with Gasteiger partial charge >= 0.3 is 0 Å². The second-order valence-electron chi connectivity index (χ2n) is 3.77. The zero-order valence-electron chi connectivity index (χ0n) is 10.9. The van der Waals surface area contributed by atoms with Gasteiger partial charge in [-0.25, -0.2) is 8.42 Å². The number of nitrogens with zero attached hydrogens (tertiary/aromatic N) is 1. The molecule has 4 nitrogen and oxygen atoms in total. The Kier molecular flexibility index (Phi) is 6.96. The van der Waals surface area contributed by atoms with Crippen molar-refractivity contribution in [1.29, 1.82) is 0 Å². The van der Waals surface area contributed by atoms with Crippen molar-refractivity contribution in [2.75, 3.05) is 26.3 Å². The number of hydrogen-bond donors (Lipinski definition) is 0. The smallest absolute Gasteiger partial charge is 0.244 e. The predicted molar refractivity (Wildman–Crippen MR) is 82.8 cm³/mol. The van der Waals surface area contributed by atoms with E-state index in [-0.39, 0.29) is 4.90 Å². The molecule has 0 heterocycles. The van der Waals surface area contributed by atoms with Crippen molar-refractivity contribution in [2.45, 2.75) is 18.7 Å². The monoisotopic (exact) mass is 413 g/mol. The summed E-state index contributed by atoms with van der Waals surface area (Å²) in [5, 5.41) is 0. The summed E-state index contributed by atoms with van der Waals surface area (Å²) in [5.41, 5.74) is 0. The lowest BCUT2D eigenvalue weighted by Gasteiger charge is -2.21. The van der Waals surface area contributed by atoms with Gasteiger partial charge in [0.2, 0.25) is 10.0 Å². The molecule has 0 aliphatic carbocycles. The first-order valence-electron chi connectivity index (χ1n) is 5.96. The Morgan fingerprint density at radius 1 is 1.26 bits per heavy atom. The van der Waals surface area contributed by atoms with Crippen LogP contribution >= 0.6 is 31.9 Å². The molecule has 0 spiro atoms. The van der Waals surface area contributed by atoms with Crippen molar-refractivity contribution in [2.24, 2.45) is 0 Å². The second kappa shape index (κ2) is 7.73. The molecule has 0 N–H and O–H groups in total. The van der Waals surface area contributed by atoms with E-state index in [2.05, 4.69) is 31.9 Å². The van der Waals surface area contributed by atoms with Crippen LogP contribution in [0.2, 0.25) is 0 Å². The van der Waals surface area contributed by atoms with Gasteiger partial charge in [-0.2, -0.15) is 4.31 Å². The first-order chi connectivity index (χ1) is 8.93. The van der Waals surface area contributed by atoms with E-state index in [0.717, 1.165) is 4.47 Å². The van der Waals surface area contributed by atoms with E-state index < -0.39 is 10.0 Å². The fourth-order valence-electron chi connectivity index (χ4n) is 1.58. The highest BCUT2D eigenvalue weighted by atomic mass is 79.9. The third-order valence-corrected chi connectivity index (χ3v) is 6.00. The van der Waals surface area contributed by atoms with Crippen molar-refractivity contribution in [1.82, 2.24) is 4.31 Å². The molecule has 19 heavy (non-hydrogen) atoms. The van der Waals surface area contributed by atoms with Gasteiger partial charge < -0.3 is 4.74 Å². The summed E-state index contributed by atoms with van der Waals surface area (Å²) < 4.78 is 33.0. The summed E-state index contributed by atoms with van der Waals surface area (Å²) in [4.78, 5) is 0.272. The number of likely N-dealkylation sites (N-methyl/N-ethyl adjacent to an activating group) is 1. The van der Waals surface area contributed by atoms with Crippen LogP contribution in [0.1, 0.15) is 13.8 Å². The predicted octanol–water partition coefficient (Wildman–Crippen LogP) is 3.26. The molecular formula is C12H17Br2NO3S. The summed E-state index contributed by atoms with van der Waals surface area (Å²) in [5.74, 6) is 0. The maximum absolute atomic E-state index is 12.5. The Bertz CT molecular complexity index is 520. The van der Waals surface area contributed by atoms with E-state index in [1.165, 1.54) is 4.31 Å². The van der Waals surface area contributed by atoms with E-state index in [1.807, 2.05) is 13.8 Å². The van der Waals surface area contributed by atoms with Crippen LogP contribution in [-0.2, 0) is 14.8 Å². The van der Waals surface area contributed by atoms with Gasteiger partial charge in [-0.1, -0.05) is 22.9 Å². The molecule has 0 aliphatic rings. The van der Waals surface area contributed by atoms with E-state index in [9.17, 15) is 8.42 Å². The molecule has 108 valence electrons. The number of ether oxygens (including phenoxy) is 1. The van der Waals surface area contributed by atoms with E-state index in [0.29, 0.717) is 30.8 Å². The molecule has 7 heteroatoms. The highest BCUT2D eigenvalue weighted by Gasteiger charge is 2.25. The molecular weight excluding hydrogens is 398 g/mol. The third-order valence-electron chi connectivity index (χ3n) is 2.55. The third kappa shape index (κ3) is 4.53. The van der Waals surface area contributed by atoms with Crippen LogP contribution in [-0.4, -0.2) is 39.0 Å². The Morgan fingerprint density at radius 2 is 1.95 bits per heavy atom. The molecule has 1 aromatic rings. The van der Waals surface area contributed by atoms with Gasteiger partial charge in [0.15, 0.2) is 0 Å². The van der Waals surface area contributed by atoms with Crippen LogP contribution in [0.3, 0.4) is 0 Å². The first kappa shape index (κ1) is 17.1. The molecule has 0 saturated carbocycles. The van der Waals surface area contributed by atoms with Crippen LogP contribution in [0, 0.1) is 0 Å². The maximum Gasteiger partial charge on any atom is 0.244 e. The van der Waals surface area contributed by atoms with Gasteiger partial charge in [-0.3, -0.25) is 0 Å². The van der Waals surface area contributed by atoms with Gasteiger partial charge in [0.25, 0.3) is 0 Å². The molecule has 0 amide bonds. The van der Waals surface area contributed by atoms with E-state index >= 15 is 0 Å². The molecule has 0 atom stereocenters.